The Balaban J connectivity index is 1.90. The van der Waals surface area contributed by atoms with Gasteiger partial charge in [0.1, 0.15) is 11.4 Å². The van der Waals surface area contributed by atoms with Crippen LogP contribution >= 0.6 is 0 Å². The van der Waals surface area contributed by atoms with Crippen molar-refractivity contribution in [3.8, 4) is 5.75 Å². The molecule has 116 valence electrons. The van der Waals surface area contributed by atoms with Crippen LogP contribution in [-0.4, -0.2) is 31.8 Å². The van der Waals surface area contributed by atoms with E-state index in [1.54, 1.807) is 7.11 Å². The lowest BCUT2D eigenvalue weighted by Gasteiger charge is -2.35. The lowest BCUT2D eigenvalue weighted by Crippen LogP contribution is -2.86. The summed E-state index contributed by atoms with van der Waals surface area (Å²) >= 11 is 0. The standard InChI is InChI=1S/C17H25NO3/c1-17(2,14-8-10-18-11-9-14)21-16(19)12-13-4-6-15(20-3)7-5-13/h4-7,14,18H,8-12H2,1-3H3/p+1. The SMILES string of the molecule is COc1ccc(CC(=O)OC(C)(C)C2CC[NH2+]CC2)cc1. The Morgan fingerprint density at radius 1 is 1.24 bits per heavy atom. The van der Waals surface area contributed by atoms with E-state index in [9.17, 15) is 4.79 Å². The zero-order valence-electron chi connectivity index (χ0n) is 13.2. The zero-order valence-corrected chi connectivity index (χ0v) is 13.2. The minimum Gasteiger partial charge on any atom is -0.497 e. The number of hydrogen-bond donors (Lipinski definition) is 1. The molecule has 4 heteroatoms. The van der Waals surface area contributed by atoms with Crippen LogP contribution in [-0.2, 0) is 16.0 Å². The molecule has 0 spiro atoms. The summed E-state index contributed by atoms with van der Waals surface area (Å²) < 4.78 is 10.9. The molecule has 0 unspecified atom stereocenters. The Kier molecular flexibility index (Phi) is 5.23. The molecule has 1 saturated heterocycles. The molecule has 1 aliphatic heterocycles. The number of methoxy groups -OCH3 is 1. The maximum absolute atomic E-state index is 12.2. The van der Waals surface area contributed by atoms with Crippen molar-refractivity contribution in [2.24, 2.45) is 5.92 Å². The molecule has 1 aliphatic rings. The molecule has 1 aromatic carbocycles. The predicted octanol–water partition coefficient (Wildman–Crippen LogP) is 1.53. The van der Waals surface area contributed by atoms with Gasteiger partial charge in [0.05, 0.1) is 26.6 Å². The lowest BCUT2D eigenvalue weighted by molar-refractivity contribution is -0.665. The highest BCUT2D eigenvalue weighted by Crippen LogP contribution is 2.28. The zero-order chi connectivity index (χ0) is 15.3. The van der Waals surface area contributed by atoms with Crippen LogP contribution in [0, 0.1) is 5.92 Å². The van der Waals surface area contributed by atoms with E-state index in [1.165, 1.54) is 0 Å². The van der Waals surface area contributed by atoms with Crippen LogP contribution in [0.15, 0.2) is 24.3 Å². The number of piperidine rings is 1. The van der Waals surface area contributed by atoms with Crippen molar-refractivity contribution < 1.29 is 19.6 Å². The minimum atomic E-state index is -0.377. The van der Waals surface area contributed by atoms with E-state index in [4.69, 9.17) is 9.47 Å². The summed E-state index contributed by atoms with van der Waals surface area (Å²) in [5.74, 6) is 1.10. The van der Waals surface area contributed by atoms with Crippen molar-refractivity contribution in [2.45, 2.75) is 38.7 Å². The fourth-order valence-corrected chi connectivity index (χ4v) is 2.94. The number of hydrogen-bond acceptors (Lipinski definition) is 3. The highest BCUT2D eigenvalue weighted by molar-refractivity contribution is 5.73. The van der Waals surface area contributed by atoms with Crippen molar-refractivity contribution in [3.05, 3.63) is 29.8 Å². The number of esters is 1. The number of rotatable bonds is 5. The highest BCUT2D eigenvalue weighted by Gasteiger charge is 2.35. The quantitative estimate of drug-likeness (QED) is 0.838. The Morgan fingerprint density at radius 3 is 2.43 bits per heavy atom. The third-order valence-corrected chi connectivity index (χ3v) is 4.31. The van der Waals surface area contributed by atoms with E-state index in [2.05, 4.69) is 5.32 Å². The van der Waals surface area contributed by atoms with Crippen LogP contribution in [0.4, 0.5) is 0 Å². The number of carbonyl (C=O) groups is 1. The first kappa shape index (κ1) is 15.8. The third-order valence-electron chi connectivity index (χ3n) is 4.31. The minimum absolute atomic E-state index is 0.153. The number of nitrogens with two attached hydrogens (primary N) is 1. The van der Waals surface area contributed by atoms with Gasteiger partial charge in [0, 0.05) is 18.8 Å². The summed E-state index contributed by atoms with van der Waals surface area (Å²) in [6.45, 7) is 6.33. The second-order valence-electron chi connectivity index (χ2n) is 6.24. The molecular weight excluding hydrogens is 266 g/mol. The molecule has 0 atom stereocenters. The number of ether oxygens (including phenoxy) is 2. The Hall–Kier alpha value is -1.55. The molecule has 2 N–H and O–H groups in total. The Labute approximate surface area is 126 Å². The van der Waals surface area contributed by atoms with Gasteiger partial charge in [-0.2, -0.15) is 0 Å². The smallest absolute Gasteiger partial charge is 0.310 e. The van der Waals surface area contributed by atoms with Crippen molar-refractivity contribution in [1.82, 2.24) is 0 Å². The third kappa shape index (κ3) is 4.46. The monoisotopic (exact) mass is 292 g/mol. The van der Waals surface area contributed by atoms with Crippen LogP contribution in [0.25, 0.3) is 0 Å². The van der Waals surface area contributed by atoms with E-state index in [-0.39, 0.29) is 11.6 Å². The van der Waals surface area contributed by atoms with Gasteiger partial charge in [0.25, 0.3) is 0 Å². The van der Waals surface area contributed by atoms with Crippen molar-refractivity contribution in [3.63, 3.8) is 0 Å². The number of quaternary nitrogens is 1. The van der Waals surface area contributed by atoms with Crippen LogP contribution < -0.4 is 10.1 Å². The van der Waals surface area contributed by atoms with Crippen LogP contribution in [0.5, 0.6) is 5.75 Å². The van der Waals surface area contributed by atoms with Gasteiger partial charge in [-0.05, 0) is 31.5 Å². The van der Waals surface area contributed by atoms with Crippen LogP contribution in [0.3, 0.4) is 0 Å². The Bertz CT molecular complexity index is 461. The van der Waals surface area contributed by atoms with Crippen molar-refractivity contribution in [1.29, 1.82) is 0 Å². The van der Waals surface area contributed by atoms with Gasteiger partial charge in [-0.25, -0.2) is 0 Å². The molecule has 0 bridgehead atoms. The summed E-state index contributed by atoms with van der Waals surface area (Å²) in [7, 11) is 1.63. The first-order valence-electron chi connectivity index (χ1n) is 7.67. The first-order valence-corrected chi connectivity index (χ1v) is 7.67. The number of carbonyl (C=O) groups excluding carboxylic acids is 1. The molecule has 0 amide bonds. The molecule has 4 nitrogen and oxygen atoms in total. The van der Waals surface area contributed by atoms with E-state index in [1.807, 2.05) is 38.1 Å². The van der Waals surface area contributed by atoms with Gasteiger partial charge in [0.2, 0.25) is 0 Å². The van der Waals surface area contributed by atoms with Gasteiger partial charge < -0.3 is 14.8 Å². The second kappa shape index (κ2) is 6.94. The topological polar surface area (TPSA) is 52.1 Å². The van der Waals surface area contributed by atoms with Crippen molar-refractivity contribution in [2.75, 3.05) is 20.2 Å². The summed E-state index contributed by atoms with van der Waals surface area (Å²) in [5.41, 5.74) is 0.575. The lowest BCUT2D eigenvalue weighted by atomic mass is 9.83. The largest absolute Gasteiger partial charge is 0.497 e. The summed E-state index contributed by atoms with van der Waals surface area (Å²) in [6, 6.07) is 7.54. The van der Waals surface area contributed by atoms with E-state index >= 15 is 0 Å². The Morgan fingerprint density at radius 2 is 1.86 bits per heavy atom. The summed E-state index contributed by atoms with van der Waals surface area (Å²) in [4.78, 5) is 12.2. The predicted molar refractivity (Wildman–Crippen MR) is 81.3 cm³/mol. The molecule has 21 heavy (non-hydrogen) atoms. The van der Waals surface area contributed by atoms with Gasteiger partial charge in [-0.3, -0.25) is 4.79 Å². The molecule has 1 fully saturated rings. The van der Waals surface area contributed by atoms with Gasteiger partial charge in [-0.1, -0.05) is 12.1 Å². The maximum atomic E-state index is 12.2. The van der Waals surface area contributed by atoms with Gasteiger partial charge in [-0.15, -0.1) is 0 Å². The average molecular weight is 292 g/mol. The fraction of sp³-hybridized carbons (Fsp3) is 0.588. The van der Waals surface area contributed by atoms with Crippen molar-refractivity contribution >= 4 is 5.97 Å². The molecule has 2 rings (SSSR count). The van der Waals surface area contributed by atoms with Crippen LogP contribution in [0.2, 0.25) is 0 Å². The molecule has 1 heterocycles. The molecular formula is C17H26NO3+. The van der Waals surface area contributed by atoms with E-state index in [0.717, 1.165) is 37.2 Å². The van der Waals surface area contributed by atoms with Gasteiger partial charge >= 0.3 is 5.97 Å². The molecule has 0 aromatic heterocycles. The average Bonchev–Trinajstić information content (AvgIpc) is 2.48. The van der Waals surface area contributed by atoms with E-state index < -0.39 is 0 Å². The molecule has 1 aromatic rings. The van der Waals surface area contributed by atoms with E-state index in [0.29, 0.717) is 12.3 Å². The summed E-state index contributed by atoms with van der Waals surface area (Å²) in [6.07, 6.45) is 2.54. The highest BCUT2D eigenvalue weighted by atomic mass is 16.6. The number of benzene rings is 1. The normalized spacial score (nSPS) is 16.5. The fourth-order valence-electron chi connectivity index (χ4n) is 2.94. The molecule has 0 saturated carbocycles. The second-order valence-corrected chi connectivity index (χ2v) is 6.24. The first-order chi connectivity index (χ1) is 10.0. The summed E-state index contributed by atoms with van der Waals surface area (Å²) in [5, 5.41) is 2.33. The maximum Gasteiger partial charge on any atom is 0.310 e. The van der Waals surface area contributed by atoms with Gasteiger partial charge in [0.15, 0.2) is 0 Å². The molecule has 0 aliphatic carbocycles. The van der Waals surface area contributed by atoms with Crippen LogP contribution in [0.1, 0.15) is 32.3 Å². The molecule has 0 radical (unpaired) electrons.